The fourth-order valence-corrected chi connectivity index (χ4v) is 4.54. The van der Waals surface area contributed by atoms with Gasteiger partial charge in [0.2, 0.25) is 6.41 Å². The van der Waals surface area contributed by atoms with E-state index in [1.165, 1.54) is 18.2 Å². The fraction of sp³-hybridized carbons (Fsp3) is 0.391. The second-order valence-electron chi connectivity index (χ2n) is 7.61. The number of hydrogen-bond acceptors (Lipinski definition) is 2. The third-order valence-corrected chi connectivity index (χ3v) is 6.58. The van der Waals surface area contributed by atoms with Gasteiger partial charge >= 0.3 is 0 Å². The first-order chi connectivity index (χ1) is 15.9. The lowest BCUT2D eigenvalue weighted by atomic mass is 9.88. The van der Waals surface area contributed by atoms with E-state index in [1.807, 2.05) is 26.0 Å². The zero-order valence-corrected chi connectivity index (χ0v) is 22.1. The van der Waals surface area contributed by atoms with Crippen LogP contribution >= 0.6 is 58.0 Å². The maximum absolute atomic E-state index is 12.7. The molecule has 4 nitrogen and oxygen atoms in total. The van der Waals surface area contributed by atoms with Crippen LogP contribution in [0.5, 0.6) is 0 Å². The highest BCUT2D eigenvalue weighted by atomic mass is 35.5. The highest BCUT2D eigenvalue weighted by molar-refractivity contribution is 6.51. The molecule has 2 amide bonds. The molecule has 0 heterocycles. The van der Waals surface area contributed by atoms with Crippen molar-refractivity contribution in [2.75, 3.05) is 5.32 Å². The van der Waals surface area contributed by atoms with E-state index in [0.717, 1.165) is 12.0 Å². The average molecular weight is 575 g/mol. The van der Waals surface area contributed by atoms with Crippen molar-refractivity contribution in [3.8, 4) is 0 Å². The van der Waals surface area contributed by atoms with Gasteiger partial charge in [0.25, 0.3) is 11.8 Å². The van der Waals surface area contributed by atoms with Crippen LogP contribution in [-0.4, -0.2) is 28.6 Å². The molecule has 2 saturated carbocycles. The Balaban J connectivity index is 0.000000237. The largest absolute Gasteiger partial charge is 0.349 e. The summed E-state index contributed by atoms with van der Waals surface area (Å²) in [6.07, 6.45) is 0.523. The van der Waals surface area contributed by atoms with Crippen LogP contribution in [0.2, 0.25) is 15.1 Å². The number of benzene rings is 2. The van der Waals surface area contributed by atoms with Gasteiger partial charge < -0.3 is 10.6 Å². The van der Waals surface area contributed by atoms with Gasteiger partial charge in [-0.15, -0.1) is 23.2 Å². The molecule has 2 aliphatic carbocycles. The lowest BCUT2D eigenvalue weighted by Gasteiger charge is -2.35. The number of alkyl halides is 4. The molecular formula is C23H23Cl5F2N2O2. The van der Waals surface area contributed by atoms with E-state index in [4.69, 9.17) is 58.0 Å². The van der Waals surface area contributed by atoms with Gasteiger partial charge in [-0.1, -0.05) is 48.7 Å². The Morgan fingerprint density at radius 1 is 1.00 bits per heavy atom. The van der Waals surface area contributed by atoms with E-state index >= 15 is 0 Å². The summed E-state index contributed by atoms with van der Waals surface area (Å²) in [5.41, 5.74) is 1.56. The van der Waals surface area contributed by atoms with Gasteiger partial charge in [-0.2, -0.15) is 0 Å². The zero-order chi connectivity index (χ0) is 25.7. The summed E-state index contributed by atoms with van der Waals surface area (Å²) in [7, 11) is 0. The Bertz CT molecular complexity index is 1010. The standard InChI is InChI=1S/C12H11ClF2N2O2.C9H6Cl4.C2H6/c13-10-2-1-7(16-6-18)3-9(10)11(19)17-8-4-12(14,15)5-8;10-6-1-5(2-7(11)3-6)8-4-9(8,12)13;1-2/h1-3,6,8H,4-5H2,(H,16,18)(H,17,19);1-3,8H,4H2;1-2H3. The van der Waals surface area contributed by atoms with Crippen molar-refractivity contribution in [1.29, 1.82) is 0 Å². The third-order valence-electron chi connectivity index (χ3n) is 4.98. The molecule has 1 unspecified atom stereocenters. The van der Waals surface area contributed by atoms with Gasteiger partial charge in [0.1, 0.15) is 4.33 Å². The summed E-state index contributed by atoms with van der Waals surface area (Å²) < 4.78 is 24.7. The lowest BCUT2D eigenvalue weighted by Crippen LogP contribution is -2.50. The van der Waals surface area contributed by atoms with Gasteiger partial charge in [-0.3, -0.25) is 9.59 Å². The van der Waals surface area contributed by atoms with Gasteiger partial charge in [0.15, 0.2) is 0 Å². The Morgan fingerprint density at radius 2 is 1.56 bits per heavy atom. The molecule has 2 aromatic rings. The Morgan fingerprint density at radius 3 is 2.03 bits per heavy atom. The van der Waals surface area contributed by atoms with Crippen molar-refractivity contribution in [2.45, 2.75) is 55.3 Å². The minimum atomic E-state index is -2.69. The molecule has 0 saturated heterocycles. The molecule has 2 aliphatic rings. The second kappa shape index (κ2) is 12.1. The molecule has 0 aliphatic heterocycles. The molecule has 2 aromatic carbocycles. The summed E-state index contributed by atoms with van der Waals surface area (Å²) in [5.74, 6) is -3.05. The number of carbonyl (C=O) groups excluding carboxylic acids is 2. The quantitative estimate of drug-likeness (QED) is 0.280. The molecular weight excluding hydrogens is 552 g/mol. The summed E-state index contributed by atoms with van der Waals surface area (Å²) in [6.45, 7) is 4.00. The fourth-order valence-electron chi connectivity index (χ4n) is 3.23. The van der Waals surface area contributed by atoms with E-state index in [9.17, 15) is 18.4 Å². The number of nitrogens with one attached hydrogen (secondary N) is 2. The highest BCUT2D eigenvalue weighted by Crippen LogP contribution is 2.59. The molecule has 0 spiro atoms. The van der Waals surface area contributed by atoms with Crippen molar-refractivity contribution in [2.24, 2.45) is 0 Å². The Labute approximate surface area is 222 Å². The van der Waals surface area contributed by atoms with Crippen molar-refractivity contribution in [1.82, 2.24) is 5.32 Å². The molecule has 0 aromatic heterocycles. The van der Waals surface area contributed by atoms with E-state index < -0.39 is 22.2 Å². The number of halogens is 7. The lowest BCUT2D eigenvalue weighted by molar-refractivity contribution is -0.105. The van der Waals surface area contributed by atoms with Crippen LogP contribution in [0.25, 0.3) is 0 Å². The summed E-state index contributed by atoms with van der Waals surface area (Å²) in [6, 6.07) is 9.24. The van der Waals surface area contributed by atoms with Gasteiger partial charge in [-0.25, -0.2) is 8.78 Å². The van der Waals surface area contributed by atoms with Gasteiger partial charge in [-0.05, 0) is 48.4 Å². The monoisotopic (exact) mass is 572 g/mol. The smallest absolute Gasteiger partial charge is 0.253 e. The topological polar surface area (TPSA) is 58.2 Å². The van der Waals surface area contributed by atoms with Crippen LogP contribution in [0.3, 0.4) is 0 Å². The minimum Gasteiger partial charge on any atom is -0.349 e. The van der Waals surface area contributed by atoms with Crippen LogP contribution in [0.1, 0.15) is 54.9 Å². The Hall–Kier alpha value is -1.31. The summed E-state index contributed by atoms with van der Waals surface area (Å²) >= 11 is 29.4. The van der Waals surface area contributed by atoms with E-state index in [0.29, 0.717) is 22.1 Å². The first-order valence-electron chi connectivity index (χ1n) is 10.4. The van der Waals surface area contributed by atoms with Gasteiger partial charge in [0.05, 0.1) is 10.6 Å². The summed E-state index contributed by atoms with van der Waals surface area (Å²) in [4.78, 5) is 22.2. The molecule has 4 rings (SSSR count). The van der Waals surface area contributed by atoms with E-state index in [-0.39, 0.29) is 29.3 Å². The van der Waals surface area contributed by atoms with Crippen LogP contribution in [-0.2, 0) is 4.79 Å². The molecule has 34 heavy (non-hydrogen) atoms. The maximum Gasteiger partial charge on any atom is 0.253 e. The van der Waals surface area contributed by atoms with Crippen LogP contribution in [0, 0.1) is 0 Å². The Kier molecular flexibility index (Phi) is 10.3. The van der Waals surface area contributed by atoms with Crippen LogP contribution in [0.15, 0.2) is 36.4 Å². The number of amides is 2. The number of carbonyl (C=O) groups is 2. The van der Waals surface area contributed by atoms with Crippen molar-refractivity contribution in [3.63, 3.8) is 0 Å². The molecule has 1 atom stereocenters. The third kappa shape index (κ3) is 8.13. The number of anilines is 1. The van der Waals surface area contributed by atoms with E-state index in [1.54, 1.807) is 6.07 Å². The highest BCUT2D eigenvalue weighted by Gasteiger charge is 2.52. The predicted octanol–water partition coefficient (Wildman–Crippen LogP) is 8.12. The first-order valence-corrected chi connectivity index (χ1v) is 12.3. The average Bonchev–Trinajstić information content (AvgIpc) is 3.38. The molecule has 2 fully saturated rings. The SMILES string of the molecule is CC.Clc1cc(Cl)cc(C2CC2(Cl)Cl)c1.O=CNc1ccc(Cl)c(C(=O)NC2CC(F)(F)C2)c1. The van der Waals surface area contributed by atoms with Gasteiger partial charge in [0, 0.05) is 40.5 Å². The summed E-state index contributed by atoms with van der Waals surface area (Å²) in [5, 5.41) is 6.31. The number of hydrogen-bond donors (Lipinski definition) is 2. The molecule has 186 valence electrons. The number of rotatable bonds is 5. The molecule has 0 bridgehead atoms. The molecule has 0 radical (unpaired) electrons. The maximum atomic E-state index is 12.7. The molecule has 11 heteroatoms. The second-order valence-corrected chi connectivity index (χ2v) is 10.4. The predicted molar refractivity (Wildman–Crippen MR) is 136 cm³/mol. The minimum absolute atomic E-state index is 0.142. The van der Waals surface area contributed by atoms with Crippen LogP contribution in [0.4, 0.5) is 14.5 Å². The first kappa shape index (κ1) is 28.9. The van der Waals surface area contributed by atoms with Crippen molar-refractivity contribution in [3.05, 3.63) is 62.6 Å². The van der Waals surface area contributed by atoms with Crippen molar-refractivity contribution < 1.29 is 18.4 Å². The normalized spacial score (nSPS) is 19.3. The molecule has 2 N–H and O–H groups in total. The van der Waals surface area contributed by atoms with Crippen LogP contribution < -0.4 is 10.6 Å². The van der Waals surface area contributed by atoms with Crippen molar-refractivity contribution >= 4 is 76.0 Å². The van der Waals surface area contributed by atoms with E-state index in [2.05, 4.69) is 10.6 Å². The zero-order valence-electron chi connectivity index (χ0n) is 18.3.